The summed E-state index contributed by atoms with van der Waals surface area (Å²) < 4.78 is 26.2. The molecule has 2 aromatic carbocycles. The van der Waals surface area contributed by atoms with Crippen molar-refractivity contribution in [1.82, 2.24) is 0 Å². The molecule has 6 nitrogen and oxygen atoms in total. The molecule has 27 heavy (non-hydrogen) atoms. The molecule has 2 aromatic rings. The van der Waals surface area contributed by atoms with Gasteiger partial charge in [0.15, 0.2) is 11.5 Å². The fraction of sp³-hybridized carbons (Fsp3) is 0.286. The molecular weight excluding hydrogens is 348 g/mol. The minimum absolute atomic E-state index is 0.290. The van der Waals surface area contributed by atoms with Crippen LogP contribution in [0.1, 0.15) is 11.1 Å². The molecule has 0 radical (unpaired) electrons. The molecule has 0 N–H and O–H groups in total. The standard InChI is InChI=1S/C21H24O6/c1-23-17-8-5-15(6-9-17)11-12-27-21(22)10-7-16-13-19(25-3)20(26-4)14-18(16)24-2/h5-10,13-14H,11-12H2,1-4H3/b10-7+. The fourth-order valence-corrected chi connectivity index (χ4v) is 2.45. The van der Waals surface area contributed by atoms with Gasteiger partial charge in [0.05, 0.1) is 35.0 Å². The van der Waals surface area contributed by atoms with E-state index in [0.29, 0.717) is 35.8 Å². The lowest BCUT2D eigenvalue weighted by atomic mass is 10.1. The van der Waals surface area contributed by atoms with E-state index >= 15 is 0 Å². The van der Waals surface area contributed by atoms with Crippen LogP contribution in [0, 0.1) is 0 Å². The van der Waals surface area contributed by atoms with Crippen molar-refractivity contribution >= 4 is 12.0 Å². The largest absolute Gasteiger partial charge is 0.497 e. The molecule has 0 amide bonds. The Labute approximate surface area is 159 Å². The van der Waals surface area contributed by atoms with Crippen molar-refractivity contribution in [2.24, 2.45) is 0 Å². The molecule has 0 aliphatic rings. The summed E-state index contributed by atoms with van der Waals surface area (Å²) in [6.45, 7) is 0.290. The molecule has 0 heterocycles. The zero-order chi connectivity index (χ0) is 19.6. The Kier molecular flexibility index (Phi) is 7.55. The molecule has 0 saturated carbocycles. The zero-order valence-corrected chi connectivity index (χ0v) is 16.0. The Bertz CT molecular complexity index is 780. The van der Waals surface area contributed by atoms with Gasteiger partial charge in [-0.05, 0) is 29.8 Å². The van der Waals surface area contributed by atoms with Crippen molar-refractivity contribution in [2.45, 2.75) is 6.42 Å². The van der Waals surface area contributed by atoms with Gasteiger partial charge < -0.3 is 23.7 Å². The highest BCUT2D eigenvalue weighted by atomic mass is 16.5. The molecule has 2 rings (SSSR count). The van der Waals surface area contributed by atoms with Crippen LogP contribution in [0.25, 0.3) is 6.08 Å². The van der Waals surface area contributed by atoms with E-state index in [0.717, 1.165) is 11.3 Å². The van der Waals surface area contributed by atoms with Crippen molar-refractivity contribution < 1.29 is 28.5 Å². The lowest BCUT2D eigenvalue weighted by Gasteiger charge is -2.12. The Hall–Kier alpha value is -3.15. The summed E-state index contributed by atoms with van der Waals surface area (Å²) in [6.07, 6.45) is 3.61. The summed E-state index contributed by atoms with van der Waals surface area (Å²) in [5, 5.41) is 0. The molecule has 0 fully saturated rings. The number of hydrogen-bond donors (Lipinski definition) is 0. The third-order valence-corrected chi connectivity index (χ3v) is 3.93. The third-order valence-electron chi connectivity index (χ3n) is 3.93. The average molecular weight is 372 g/mol. The first-order valence-electron chi connectivity index (χ1n) is 8.39. The maximum absolute atomic E-state index is 12.0. The van der Waals surface area contributed by atoms with Crippen LogP contribution in [0.2, 0.25) is 0 Å². The van der Waals surface area contributed by atoms with E-state index in [4.69, 9.17) is 23.7 Å². The van der Waals surface area contributed by atoms with Gasteiger partial charge in [0.25, 0.3) is 0 Å². The number of ether oxygens (including phenoxy) is 5. The topological polar surface area (TPSA) is 63.2 Å². The quantitative estimate of drug-likeness (QED) is 0.496. The van der Waals surface area contributed by atoms with E-state index in [1.54, 1.807) is 46.6 Å². The van der Waals surface area contributed by atoms with E-state index < -0.39 is 5.97 Å². The lowest BCUT2D eigenvalue weighted by Crippen LogP contribution is -2.04. The summed E-state index contributed by atoms with van der Waals surface area (Å²) in [6, 6.07) is 11.1. The molecule has 144 valence electrons. The first kappa shape index (κ1) is 20.2. The number of hydrogen-bond acceptors (Lipinski definition) is 6. The minimum atomic E-state index is -0.430. The maximum atomic E-state index is 12.0. The molecule has 6 heteroatoms. The van der Waals surface area contributed by atoms with Crippen molar-refractivity contribution in [3.05, 3.63) is 53.6 Å². The smallest absolute Gasteiger partial charge is 0.330 e. The van der Waals surface area contributed by atoms with E-state index in [9.17, 15) is 4.79 Å². The number of esters is 1. The van der Waals surface area contributed by atoms with Crippen molar-refractivity contribution in [1.29, 1.82) is 0 Å². The first-order valence-corrected chi connectivity index (χ1v) is 8.39. The number of carbonyl (C=O) groups is 1. The lowest BCUT2D eigenvalue weighted by molar-refractivity contribution is -0.137. The molecule has 0 aliphatic carbocycles. The second kappa shape index (κ2) is 10.1. The van der Waals surface area contributed by atoms with Crippen LogP contribution >= 0.6 is 0 Å². The fourth-order valence-electron chi connectivity index (χ4n) is 2.45. The number of methoxy groups -OCH3 is 4. The molecule has 0 unspecified atom stereocenters. The monoisotopic (exact) mass is 372 g/mol. The number of benzene rings is 2. The molecule has 0 saturated heterocycles. The summed E-state index contributed by atoms with van der Waals surface area (Å²) in [7, 11) is 6.26. The summed E-state index contributed by atoms with van der Waals surface area (Å²) in [5.41, 5.74) is 1.75. The Morgan fingerprint density at radius 2 is 1.48 bits per heavy atom. The Morgan fingerprint density at radius 1 is 0.852 bits per heavy atom. The van der Waals surface area contributed by atoms with Gasteiger partial charge in [0.2, 0.25) is 0 Å². The summed E-state index contributed by atoms with van der Waals surface area (Å²) in [5.74, 6) is 2.03. The maximum Gasteiger partial charge on any atom is 0.330 e. The number of rotatable bonds is 9. The van der Waals surface area contributed by atoms with Gasteiger partial charge in [-0.3, -0.25) is 0 Å². The van der Waals surface area contributed by atoms with Crippen LogP contribution in [0.4, 0.5) is 0 Å². The molecule has 0 bridgehead atoms. The predicted octanol–water partition coefficient (Wildman–Crippen LogP) is 3.52. The van der Waals surface area contributed by atoms with Crippen LogP contribution in [-0.2, 0) is 16.0 Å². The van der Waals surface area contributed by atoms with Gasteiger partial charge in [-0.15, -0.1) is 0 Å². The Morgan fingerprint density at radius 3 is 2.07 bits per heavy atom. The van der Waals surface area contributed by atoms with Gasteiger partial charge in [0.1, 0.15) is 11.5 Å². The molecule has 0 atom stereocenters. The third kappa shape index (κ3) is 5.67. The SMILES string of the molecule is COc1ccc(CCOC(=O)/C=C/c2cc(OC)c(OC)cc2OC)cc1. The number of carbonyl (C=O) groups excluding carboxylic acids is 1. The van der Waals surface area contributed by atoms with Crippen LogP contribution in [0.5, 0.6) is 23.0 Å². The van der Waals surface area contributed by atoms with Crippen LogP contribution in [-0.4, -0.2) is 41.0 Å². The Balaban J connectivity index is 1.95. The highest BCUT2D eigenvalue weighted by Crippen LogP contribution is 2.35. The molecule has 0 spiro atoms. The minimum Gasteiger partial charge on any atom is -0.497 e. The average Bonchev–Trinajstić information content (AvgIpc) is 2.71. The zero-order valence-electron chi connectivity index (χ0n) is 16.0. The van der Waals surface area contributed by atoms with Crippen molar-refractivity contribution in [2.75, 3.05) is 35.0 Å². The molecular formula is C21H24O6. The van der Waals surface area contributed by atoms with Gasteiger partial charge in [-0.25, -0.2) is 4.79 Å². The van der Waals surface area contributed by atoms with Crippen molar-refractivity contribution in [3.8, 4) is 23.0 Å². The second-order valence-electron chi connectivity index (χ2n) is 5.55. The van der Waals surface area contributed by atoms with Gasteiger partial charge in [-0.1, -0.05) is 12.1 Å². The van der Waals surface area contributed by atoms with E-state index in [2.05, 4.69) is 0 Å². The van der Waals surface area contributed by atoms with Crippen LogP contribution in [0.15, 0.2) is 42.5 Å². The first-order chi connectivity index (χ1) is 13.1. The van der Waals surface area contributed by atoms with Gasteiger partial charge in [0, 0.05) is 24.1 Å². The highest BCUT2D eigenvalue weighted by molar-refractivity contribution is 5.87. The molecule has 0 aromatic heterocycles. The highest BCUT2D eigenvalue weighted by Gasteiger charge is 2.10. The molecule has 0 aliphatic heterocycles. The van der Waals surface area contributed by atoms with Crippen LogP contribution in [0.3, 0.4) is 0 Å². The second-order valence-corrected chi connectivity index (χ2v) is 5.55. The van der Waals surface area contributed by atoms with E-state index in [1.807, 2.05) is 24.3 Å². The van der Waals surface area contributed by atoms with Crippen LogP contribution < -0.4 is 18.9 Å². The summed E-state index contributed by atoms with van der Waals surface area (Å²) in [4.78, 5) is 12.0. The van der Waals surface area contributed by atoms with E-state index in [1.165, 1.54) is 6.08 Å². The normalized spacial score (nSPS) is 10.5. The van der Waals surface area contributed by atoms with Gasteiger partial charge >= 0.3 is 5.97 Å². The van der Waals surface area contributed by atoms with Gasteiger partial charge in [-0.2, -0.15) is 0 Å². The van der Waals surface area contributed by atoms with Crippen molar-refractivity contribution in [3.63, 3.8) is 0 Å². The predicted molar refractivity (Wildman–Crippen MR) is 103 cm³/mol. The summed E-state index contributed by atoms with van der Waals surface area (Å²) >= 11 is 0. The van der Waals surface area contributed by atoms with E-state index in [-0.39, 0.29) is 0 Å².